The van der Waals surface area contributed by atoms with Crippen LogP contribution in [-0.4, -0.2) is 12.5 Å². The van der Waals surface area contributed by atoms with Gasteiger partial charge in [-0.15, -0.1) is 0 Å². The fraction of sp³-hybridized carbons (Fsp3) is 0.0714. The molecule has 0 unspecified atom stereocenters. The average molecular weight is 359 g/mol. The van der Waals surface area contributed by atoms with Crippen LogP contribution in [0, 0.1) is 5.82 Å². The lowest BCUT2D eigenvalue weighted by atomic mass is 10.3. The van der Waals surface area contributed by atoms with Gasteiger partial charge in [-0.25, -0.2) is 4.39 Å². The second kappa shape index (κ2) is 6.72. The molecule has 6 heteroatoms. The molecule has 0 bridgehead atoms. The van der Waals surface area contributed by atoms with Crippen LogP contribution in [0.5, 0.6) is 5.75 Å². The Labute approximate surface area is 128 Å². The minimum Gasteiger partial charge on any atom is -0.484 e. The van der Waals surface area contributed by atoms with Crippen LogP contribution in [0.3, 0.4) is 0 Å². The number of anilines is 1. The summed E-state index contributed by atoms with van der Waals surface area (Å²) in [4.78, 5) is 11.7. The van der Waals surface area contributed by atoms with Crippen molar-refractivity contribution in [2.24, 2.45) is 0 Å². The zero-order chi connectivity index (χ0) is 14.5. The summed E-state index contributed by atoms with van der Waals surface area (Å²) in [6.07, 6.45) is 0. The lowest BCUT2D eigenvalue weighted by Crippen LogP contribution is -2.20. The van der Waals surface area contributed by atoms with Gasteiger partial charge in [0.05, 0.1) is 4.47 Å². The van der Waals surface area contributed by atoms with E-state index in [4.69, 9.17) is 16.3 Å². The first-order valence-electron chi connectivity index (χ1n) is 5.68. The van der Waals surface area contributed by atoms with Crippen molar-refractivity contribution in [3.05, 3.63) is 57.8 Å². The van der Waals surface area contributed by atoms with Gasteiger partial charge in [0.2, 0.25) is 0 Å². The number of halogens is 3. The molecule has 1 amide bonds. The van der Waals surface area contributed by atoms with Crippen molar-refractivity contribution in [2.75, 3.05) is 11.9 Å². The smallest absolute Gasteiger partial charge is 0.262 e. The number of carbonyl (C=O) groups is 1. The van der Waals surface area contributed by atoms with Gasteiger partial charge in [-0.2, -0.15) is 0 Å². The quantitative estimate of drug-likeness (QED) is 0.887. The number of hydrogen-bond acceptors (Lipinski definition) is 2. The van der Waals surface area contributed by atoms with E-state index in [1.54, 1.807) is 24.3 Å². The highest BCUT2D eigenvalue weighted by Crippen LogP contribution is 2.21. The molecule has 0 aromatic heterocycles. The van der Waals surface area contributed by atoms with Crippen LogP contribution in [0.2, 0.25) is 5.02 Å². The Morgan fingerprint density at radius 2 is 1.95 bits per heavy atom. The number of nitrogens with one attached hydrogen (secondary N) is 1. The van der Waals surface area contributed by atoms with E-state index in [1.165, 1.54) is 18.2 Å². The van der Waals surface area contributed by atoms with E-state index in [-0.39, 0.29) is 22.8 Å². The molecule has 0 fully saturated rings. The van der Waals surface area contributed by atoms with Gasteiger partial charge in [-0.3, -0.25) is 4.79 Å². The van der Waals surface area contributed by atoms with E-state index in [2.05, 4.69) is 21.2 Å². The fourth-order valence-corrected chi connectivity index (χ4v) is 1.93. The first-order chi connectivity index (χ1) is 9.54. The van der Waals surface area contributed by atoms with E-state index in [0.717, 1.165) is 0 Å². The lowest BCUT2D eigenvalue weighted by molar-refractivity contribution is -0.118. The molecule has 0 saturated carbocycles. The molecular formula is C14H10BrClFNO2. The SMILES string of the molecule is O=C(COc1ccc(F)c(Br)c1)Nc1ccc(Cl)cc1. The molecule has 0 aliphatic heterocycles. The number of benzene rings is 2. The van der Waals surface area contributed by atoms with Crippen LogP contribution in [0.15, 0.2) is 46.9 Å². The predicted molar refractivity (Wildman–Crippen MR) is 79.7 cm³/mol. The van der Waals surface area contributed by atoms with E-state index in [1.807, 2.05) is 0 Å². The largest absolute Gasteiger partial charge is 0.484 e. The fourth-order valence-electron chi connectivity index (χ4n) is 1.45. The molecule has 0 radical (unpaired) electrons. The number of amides is 1. The van der Waals surface area contributed by atoms with Crippen molar-refractivity contribution in [2.45, 2.75) is 0 Å². The first-order valence-corrected chi connectivity index (χ1v) is 6.85. The van der Waals surface area contributed by atoms with E-state index in [9.17, 15) is 9.18 Å². The van der Waals surface area contributed by atoms with Crippen LogP contribution in [0.1, 0.15) is 0 Å². The minimum atomic E-state index is -0.386. The number of rotatable bonds is 4. The molecule has 2 aromatic carbocycles. The molecule has 0 spiro atoms. The highest BCUT2D eigenvalue weighted by atomic mass is 79.9. The summed E-state index contributed by atoms with van der Waals surface area (Å²) in [5.74, 6) is -0.291. The van der Waals surface area contributed by atoms with Crippen molar-refractivity contribution in [3.63, 3.8) is 0 Å². The molecule has 3 nitrogen and oxygen atoms in total. The second-order valence-electron chi connectivity index (χ2n) is 3.92. The molecule has 2 rings (SSSR count). The molecule has 20 heavy (non-hydrogen) atoms. The van der Waals surface area contributed by atoms with Gasteiger partial charge >= 0.3 is 0 Å². The molecule has 0 aliphatic carbocycles. The highest BCUT2D eigenvalue weighted by molar-refractivity contribution is 9.10. The van der Waals surface area contributed by atoms with Gasteiger partial charge in [0.25, 0.3) is 5.91 Å². The van der Waals surface area contributed by atoms with E-state index < -0.39 is 0 Å². The summed E-state index contributed by atoms with van der Waals surface area (Å²) in [6.45, 7) is -0.166. The van der Waals surface area contributed by atoms with Crippen LogP contribution >= 0.6 is 27.5 Å². The molecule has 1 N–H and O–H groups in total. The Balaban J connectivity index is 1.88. The summed E-state index contributed by atoms with van der Waals surface area (Å²) in [5, 5.41) is 3.25. The maximum atomic E-state index is 13.0. The van der Waals surface area contributed by atoms with Crippen LogP contribution in [-0.2, 0) is 4.79 Å². The van der Waals surface area contributed by atoms with E-state index in [0.29, 0.717) is 16.5 Å². The lowest BCUT2D eigenvalue weighted by Gasteiger charge is -2.08. The predicted octanol–water partition coefficient (Wildman–Crippen LogP) is 4.26. The van der Waals surface area contributed by atoms with Gasteiger partial charge in [-0.05, 0) is 58.4 Å². The standard InChI is InChI=1S/C14H10BrClFNO2/c15-12-7-11(5-6-13(12)17)20-8-14(19)18-10-3-1-9(16)2-4-10/h1-7H,8H2,(H,18,19). The zero-order valence-corrected chi connectivity index (χ0v) is 12.5. The summed E-state index contributed by atoms with van der Waals surface area (Å²) in [5.41, 5.74) is 0.628. The van der Waals surface area contributed by atoms with E-state index >= 15 is 0 Å². The third-order valence-corrected chi connectivity index (χ3v) is 3.25. The number of hydrogen-bond donors (Lipinski definition) is 1. The highest BCUT2D eigenvalue weighted by Gasteiger charge is 2.05. The topological polar surface area (TPSA) is 38.3 Å². The molecular weight excluding hydrogens is 349 g/mol. The third-order valence-electron chi connectivity index (χ3n) is 2.39. The summed E-state index contributed by atoms with van der Waals surface area (Å²) >= 11 is 8.79. The summed E-state index contributed by atoms with van der Waals surface area (Å²) < 4.78 is 18.6. The van der Waals surface area contributed by atoms with Crippen molar-refractivity contribution < 1.29 is 13.9 Å². The average Bonchev–Trinajstić information content (AvgIpc) is 2.43. The maximum absolute atomic E-state index is 13.0. The second-order valence-corrected chi connectivity index (χ2v) is 5.21. The number of ether oxygens (including phenoxy) is 1. The van der Waals surface area contributed by atoms with Crippen LogP contribution in [0.25, 0.3) is 0 Å². The molecule has 104 valence electrons. The Bertz CT molecular complexity index is 619. The number of carbonyl (C=O) groups excluding carboxylic acids is 1. The maximum Gasteiger partial charge on any atom is 0.262 e. The summed E-state index contributed by atoms with van der Waals surface area (Å²) in [6, 6.07) is 10.9. The Hall–Kier alpha value is -1.59. The third kappa shape index (κ3) is 4.21. The van der Waals surface area contributed by atoms with Crippen molar-refractivity contribution in [1.29, 1.82) is 0 Å². The van der Waals surface area contributed by atoms with Gasteiger partial charge in [-0.1, -0.05) is 11.6 Å². The molecule has 2 aromatic rings. The molecule has 0 aliphatic rings. The Morgan fingerprint density at radius 1 is 1.25 bits per heavy atom. The molecule has 0 atom stereocenters. The van der Waals surface area contributed by atoms with Gasteiger partial charge in [0, 0.05) is 10.7 Å². The Kier molecular flexibility index (Phi) is 4.98. The van der Waals surface area contributed by atoms with Gasteiger partial charge in [0.15, 0.2) is 6.61 Å². The minimum absolute atomic E-state index is 0.166. The van der Waals surface area contributed by atoms with Crippen molar-refractivity contribution >= 4 is 39.1 Å². The first kappa shape index (κ1) is 14.8. The summed E-state index contributed by atoms with van der Waals surface area (Å²) in [7, 11) is 0. The Morgan fingerprint density at radius 3 is 2.60 bits per heavy atom. The van der Waals surface area contributed by atoms with Crippen LogP contribution in [0.4, 0.5) is 10.1 Å². The van der Waals surface area contributed by atoms with Crippen molar-refractivity contribution in [1.82, 2.24) is 0 Å². The molecule has 0 saturated heterocycles. The van der Waals surface area contributed by atoms with Crippen molar-refractivity contribution in [3.8, 4) is 5.75 Å². The van der Waals surface area contributed by atoms with Gasteiger partial charge in [0.1, 0.15) is 11.6 Å². The van der Waals surface area contributed by atoms with Gasteiger partial charge < -0.3 is 10.1 Å². The normalized spacial score (nSPS) is 10.2. The zero-order valence-electron chi connectivity index (χ0n) is 10.2. The van der Waals surface area contributed by atoms with Crippen LogP contribution < -0.4 is 10.1 Å². The molecule has 0 heterocycles. The monoisotopic (exact) mass is 357 g/mol.